The molecule has 4 N–H and O–H groups in total. The maximum Gasteiger partial charge on any atom is 0.371 e. The average molecular weight is 184 g/mol. The molecule has 0 aromatic carbocycles. The van der Waals surface area contributed by atoms with Gasteiger partial charge in [-0.3, -0.25) is 0 Å². The molecule has 0 aliphatic heterocycles. The maximum absolute atomic E-state index is 10.4. The average Bonchev–Trinajstić information content (AvgIpc) is 2.53. The highest BCUT2D eigenvalue weighted by Crippen LogP contribution is 2.12. The van der Waals surface area contributed by atoms with E-state index in [1.165, 1.54) is 6.07 Å². The van der Waals surface area contributed by atoms with E-state index in [1.54, 1.807) is 6.07 Å². The van der Waals surface area contributed by atoms with Crippen LogP contribution in [0.3, 0.4) is 0 Å². The van der Waals surface area contributed by atoms with E-state index in [0.29, 0.717) is 19.0 Å². The van der Waals surface area contributed by atoms with Gasteiger partial charge >= 0.3 is 5.97 Å². The molecule has 0 bridgehead atoms. The van der Waals surface area contributed by atoms with Crippen molar-refractivity contribution in [2.75, 3.05) is 18.4 Å². The summed E-state index contributed by atoms with van der Waals surface area (Å²) in [5, 5.41) is 11.4. The van der Waals surface area contributed by atoms with Crippen molar-refractivity contribution < 1.29 is 14.3 Å². The van der Waals surface area contributed by atoms with Crippen molar-refractivity contribution in [2.45, 2.75) is 6.42 Å². The fraction of sp³-hybridized carbons (Fsp3) is 0.375. The van der Waals surface area contributed by atoms with Crippen LogP contribution in [-0.4, -0.2) is 24.2 Å². The normalized spacial score (nSPS) is 9.92. The van der Waals surface area contributed by atoms with Gasteiger partial charge in [0.15, 0.2) is 5.88 Å². The summed E-state index contributed by atoms with van der Waals surface area (Å²) in [6.07, 6.45) is 0.823. The summed E-state index contributed by atoms with van der Waals surface area (Å²) >= 11 is 0. The third-order valence-electron chi connectivity index (χ3n) is 1.50. The first-order valence-corrected chi connectivity index (χ1v) is 4.01. The van der Waals surface area contributed by atoms with Crippen LogP contribution in [0, 0.1) is 0 Å². The molecule has 72 valence electrons. The van der Waals surface area contributed by atoms with E-state index in [-0.39, 0.29) is 5.76 Å². The Kier molecular flexibility index (Phi) is 3.33. The Morgan fingerprint density at radius 2 is 2.38 bits per heavy atom. The minimum Gasteiger partial charge on any atom is -0.475 e. The van der Waals surface area contributed by atoms with Crippen molar-refractivity contribution >= 4 is 11.9 Å². The molecule has 0 spiro atoms. The molecule has 0 fully saturated rings. The molecule has 5 heteroatoms. The number of hydrogen-bond acceptors (Lipinski definition) is 4. The fourth-order valence-electron chi connectivity index (χ4n) is 0.861. The van der Waals surface area contributed by atoms with E-state index in [0.717, 1.165) is 6.42 Å². The maximum atomic E-state index is 10.4. The van der Waals surface area contributed by atoms with Crippen LogP contribution in [0.4, 0.5) is 5.88 Å². The van der Waals surface area contributed by atoms with Crippen LogP contribution < -0.4 is 11.1 Å². The van der Waals surface area contributed by atoms with Gasteiger partial charge in [-0.1, -0.05) is 0 Å². The van der Waals surface area contributed by atoms with Crippen LogP contribution in [0.2, 0.25) is 0 Å². The summed E-state index contributed by atoms with van der Waals surface area (Å²) < 4.78 is 4.94. The molecule has 0 saturated carbocycles. The molecule has 0 radical (unpaired) electrons. The summed E-state index contributed by atoms with van der Waals surface area (Å²) in [5.74, 6) is -0.659. The lowest BCUT2D eigenvalue weighted by atomic mass is 10.4. The Labute approximate surface area is 75.5 Å². The molecular weight excluding hydrogens is 172 g/mol. The molecule has 0 aliphatic carbocycles. The predicted octanol–water partition coefficient (Wildman–Crippen LogP) is 0.738. The SMILES string of the molecule is NCCCNc1ccc(C(=O)O)o1. The first kappa shape index (κ1) is 9.60. The molecule has 1 aromatic rings. The van der Waals surface area contributed by atoms with Gasteiger partial charge < -0.3 is 20.6 Å². The zero-order chi connectivity index (χ0) is 9.68. The van der Waals surface area contributed by atoms with E-state index in [1.807, 2.05) is 0 Å². The van der Waals surface area contributed by atoms with Gasteiger partial charge in [-0.25, -0.2) is 4.79 Å². The van der Waals surface area contributed by atoms with Gasteiger partial charge in [-0.05, 0) is 19.0 Å². The van der Waals surface area contributed by atoms with Gasteiger partial charge in [0.1, 0.15) is 0 Å². The lowest BCUT2D eigenvalue weighted by Crippen LogP contribution is -2.07. The highest BCUT2D eigenvalue weighted by atomic mass is 16.4. The largest absolute Gasteiger partial charge is 0.475 e. The third-order valence-corrected chi connectivity index (χ3v) is 1.50. The summed E-state index contributed by atoms with van der Waals surface area (Å²) in [4.78, 5) is 10.4. The lowest BCUT2D eigenvalue weighted by molar-refractivity contribution is 0.0663. The molecule has 1 aromatic heterocycles. The summed E-state index contributed by atoms with van der Waals surface area (Å²) in [5.41, 5.74) is 5.28. The van der Waals surface area contributed by atoms with Crippen molar-refractivity contribution in [1.29, 1.82) is 0 Å². The number of anilines is 1. The number of carboxylic acids is 1. The minimum atomic E-state index is -1.06. The predicted molar refractivity (Wildman–Crippen MR) is 47.8 cm³/mol. The van der Waals surface area contributed by atoms with E-state index in [2.05, 4.69) is 5.32 Å². The number of rotatable bonds is 5. The Bertz CT molecular complexity index is 283. The van der Waals surface area contributed by atoms with E-state index >= 15 is 0 Å². The van der Waals surface area contributed by atoms with E-state index in [9.17, 15) is 4.79 Å². The van der Waals surface area contributed by atoms with Crippen molar-refractivity contribution in [3.8, 4) is 0 Å². The highest BCUT2D eigenvalue weighted by molar-refractivity contribution is 5.84. The first-order valence-electron chi connectivity index (χ1n) is 4.01. The number of carbonyl (C=O) groups is 1. The molecule has 0 atom stereocenters. The molecular formula is C8H12N2O3. The number of nitrogens with one attached hydrogen (secondary N) is 1. The summed E-state index contributed by atoms with van der Waals surface area (Å²) in [6.45, 7) is 1.28. The van der Waals surface area contributed by atoms with Gasteiger partial charge in [0, 0.05) is 12.6 Å². The van der Waals surface area contributed by atoms with Crippen molar-refractivity contribution in [3.05, 3.63) is 17.9 Å². The Morgan fingerprint density at radius 3 is 2.92 bits per heavy atom. The van der Waals surface area contributed by atoms with Crippen molar-refractivity contribution in [3.63, 3.8) is 0 Å². The fourth-order valence-corrected chi connectivity index (χ4v) is 0.861. The van der Waals surface area contributed by atoms with Gasteiger partial charge in [0.25, 0.3) is 0 Å². The van der Waals surface area contributed by atoms with Gasteiger partial charge in [-0.15, -0.1) is 0 Å². The minimum absolute atomic E-state index is 0.0600. The number of aromatic carboxylic acids is 1. The second-order valence-corrected chi connectivity index (χ2v) is 2.54. The van der Waals surface area contributed by atoms with Crippen LogP contribution in [0.25, 0.3) is 0 Å². The third kappa shape index (κ3) is 2.79. The van der Waals surface area contributed by atoms with Gasteiger partial charge in [-0.2, -0.15) is 0 Å². The highest BCUT2D eigenvalue weighted by Gasteiger charge is 2.07. The molecule has 5 nitrogen and oxygen atoms in total. The molecule has 1 heterocycles. The van der Waals surface area contributed by atoms with Crippen LogP contribution in [0.1, 0.15) is 17.0 Å². The van der Waals surface area contributed by atoms with Crippen LogP contribution in [0.15, 0.2) is 16.5 Å². The molecule has 0 amide bonds. The molecule has 0 aliphatic rings. The van der Waals surface area contributed by atoms with E-state index < -0.39 is 5.97 Å². The number of carboxylic acid groups (broad SMARTS) is 1. The molecule has 0 saturated heterocycles. The van der Waals surface area contributed by atoms with Gasteiger partial charge in [0.2, 0.25) is 5.76 Å². The number of furan rings is 1. The smallest absolute Gasteiger partial charge is 0.371 e. The van der Waals surface area contributed by atoms with Crippen LogP contribution in [0.5, 0.6) is 0 Å². The molecule has 13 heavy (non-hydrogen) atoms. The molecule has 0 unspecified atom stereocenters. The molecule has 1 rings (SSSR count). The Hall–Kier alpha value is -1.49. The first-order chi connectivity index (χ1) is 6.24. The lowest BCUT2D eigenvalue weighted by Gasteiger charge is -1.99. The Morgan fingerprint density at radius 1 is 1.62 bits per heavy atom. The van der Waals surface area contributed by atoms with Gasteiger partial charge in [0.05, 0.1) is 0 Å². The standard InChI is InChI=1S/C8H12N2O3/c9-4-1-5-10-7-3-2-6(13-7)8(11)12/h2-3,10H,1,4-5,9H2,(H,11,12). The second-order valence-electron chi connectivity index (χ2n) is 2.54. The number of nitrogens with two attached hydrogens (primary N) is 1. The zero-order valence-corrected chi connectivity index (χ0v) is 7.12. The number of hydrogen-bond donors (Lipinski definition) is 3. The van der Waals surface area contributed by atoms with Crippen LogP contribution in [-0.2, 0) is 0 Å². The quantitative estimate of drug-likeness (QED) is 0.587. The topological polar surface area (TPSA) is 88.5 Å². The van der Waals surface area contributed by atoms with Crippen LogP contribution >= 0.6 is 0 Å². The Balaban J connectivity index is 2.44. The monoisotopic (exact) mass is 184 g/mol. The van der Waals surface area contributed by atoms with Crippen molar-refractivity contribution in [1.82, 2.24) is 0 Å². The second kappa shape index (κ2) is 4.51. The van der Waals surface area contributed by atoms with E-state index in [4.69, 9.17) is 15.3 Å². The zero-order valence-electron chi connectivity index (χ0n) is 7.12. The summed E-state index contributed by atoms with van der Waals surface area (Å²) in [7, 11) is 0. The summed E-state index contributed by atoms with van der Waals surface area (Å²) in [6, 6.07) is 2.99. The van der Waals surface area contributed by atoms with Crippen molar-refractivity contribution in [2.24, 2.45) is 5.73 Å².